The molecule has 2 aliphatic rings. The van der Waals surface area contributed by atoms with Gasteiger partial charge in [-0.1, -0.05) is 19.3 Å². The second-order valence-electron chi connectivity index (χ2n) is 7.15. The summed E-state index contributed by atoms with van der Waals surface area (Å²) < 4.78 is 0. The van der Waals surface area contributed by atoms with Crippen LogP contribution in [-0.2, 0) is 9.59 Å². The Hall–Kier alpha value is -1.06. The molecule has 0 aliphatic heterocycles. The molecule has 0 saturated heterocycles. The number of hydrogen-bond donors (Lipinski definition) is 1. The van der Waals surface area contributed by atoms with Crippen LogP contribution in [0.3, 0.4) is 0 Å². The summed E-state index contributed by atoms with van der Waals surface area (Å²) in [7, 11) is 0. The lowest BCUT2D eigenvalue weighted by Gasteiger charge is -2.31. The highest BCUT2D eigenvalue weighted by Gasteiger charge is 2.38. The third-order valence-electron chi connectivity index (χ3n) is 4.66. The predicted molar refractivity (Wildman–Crippen MR) is 77.3 cm³/mol. The van der Waals surface area contributed by atoms with Crippen molar-refractivity contribution in [3.8, 4) is 0 Å². The van der Waals surface area contributed by atoms with Gasteiger partial charge in [-0.2, -0.15) is 0 Å². The van der Waals surface area contributed by atoms with Crippen LogP contribution in [0, 0.1) is 11.3 Å². The van der Waals surface area contributed by atoms with Crippen LogP contribution < -0.4 is 0 Å². The van der Waals surface area contributed by atoms with Crippen LogP contribution in [-0.4, -0.2) is 34.5 Å². The lowest BCUT2D eigenvalue weighted by molar-refractivity contribution is -0.151. The zero-order valence-electron chi connectivity index (χ0n) is 12.7. The number of hydrogen-bond acceptors (Lipinski definition) is 2. The van der Waals surface area contributed by atoms with Crippen molar-refractivity contribution in [1.29, 1.82) is 0 Å². The van der Waals surface area contributed by atoms with Crippen molar-refractivity contribution in [3.63, 3.8) is 0 Å². The molecule has 4 heteroatoms. The molecule has 0 atom stereocenters. The largest absolute Gasteiger partial charge is 0.481 e. The predicted octanol–water partition coefficient (Wildman–Crippen LogP) is 3.06. The molecule has 0 aromatic rings. The highest BCUT2D eigenvalue weighted by atomic mass is 16.4. The molecule has 4 nitrogen and oxygen atoms in total. The first-order valence-corrected chi connectivity index (χ1v) is 7.93. The van der Waals surface area contributed by atoms with Crippen molar-refractivity contribution in [2.24, 2.45) is 11.3 Å². The summed E-state index contributed by atoms with van der Waals surface area (Å²) in [6.45, 7) is 4.12. The lowest BCUT2D eigenvalue weighted by atomic mass is 9.87. The van der Waals surface area contributed by atoms with Crippen LogP contribution >= 0.6 is 0 Å². The summed E-state index contributed by atoms with van der Waals surface area (Å²) in [5, 5.41) is 9.18. The Labute approximate surface area is 121 Å². The fraction of sp³-hybridized carbons (Fsp3) is 0.875. The van der Waals surface area contributed by atoms with Gasteiger partial charge in [-0.05, 0) is 45.4 Å². The standard InChI is InChI=1S/C16H27NO3/c1-16(2,15(19)20)10-14(18)17(13-8-9-13)11-12-6-4-3-5-7-12/h12-13H,3-11H2,1-2H3,(H,19,20). The number of carbonyl (C=O) groups is 2. The summed E-state index contributed by atoms with van der Waals surface area (Å²) in [5.74, 6) is -0.231. The highest BCUT2D eigenvalue weighted by Crippen LogP contribution is 2.33. The van der Waals surface area contributed by atoms with Gasteiger partial charge < -0.3 is 10.0 Å². The second-order valence-corrected chi connectivity index (χ2v) is 7.15. The van der Waals surface area contributed by atoms with E-state index in [1.807, 2.05) is 4.90 Å². The van der Waals surface area contributed by atoms with E-state index in [0.717, 1.165) is 19.4 Å². The molecular formula is C16H27NO3. The number of rotatable bonds is 6. The summed E-state index contributed by atoms with van der Waals surface area (Å²) in [5.41, 5.74) is -0.962. The molecule has 2 fully saturated rings. The molecule has 0 unspecified atom stereocenters. The molecule has 2 rings (SSSR count). The van der Waals surface area contributed by atoms with Gasteiger partial charge in [0.25, 0.3) is 0 Å². The summed E-state index contributed by atoms with van der Waals surface area (Å²) >= 11 is 0. The third kappa shape index (κ3) is 3.97. The molecule has 114 valence electrons. The average molecular weight is 281 g/mol. The van der Waals surface area contributed by atoms with Gasteiger partial charge >= 0.3 is 5.97 Å². The molecule has 0 radical (unpaired) electrons. The van der Waals surface area contributed by atoms with Crippen LogP contribution in [0.2, 0.25) is 0 Å². The van der Waals surface area contributed by atoms with Gasteiger partial charge in [0.1, 0.15) is 0 Å². The van der Waals surface area contributed by atoms with E-state index < -0.39 is 11.4 Å². The number of carboxylic acid groups (broad SMARTS) is 1. The number of carbonyl (C=O) groups excluding carboxylic acids is 1. The SMILES string of the molecule is CC(C)(CC(=O)N(CC1CCCCC1)C1CC1)C(=O)O. The zero-order valence-corrected chi connectivity index (χ0v) is 12.7. The molecule has 1 N–H and O–H groups in total. The van der Waals surface area contributed by atoms with Crippen LogP contribution in [0.25, 0.3) is 0 Å². The van der Waals surface area contributed by atoms with E-state index in [-0.39, 0.29) is 12.3 Å². The summed E-state index contributed by atoms with van der Waals surface area (Å²) in [6, 6.07) is 0.383. The molecule has 2 saturated carbocycles. The number of aliphatic carboxylic acids is 1. The molecule has 0 aromatic carbocycles. The first kappa shape index (κ1) is 15.3. The topological polar surface area (TPSA) is 57.6 Å². The maximum atomic E-state index is 12.5. The summed E-state index contributed by atoms with van der Waals surface area (Å²) in [4.78, 5) is 25.7. The molecule has 1 amide bonds. The quantitative estimate of drug-likeness (QED) is 0.814. The molecule has 2 aliphatic carbocycles. The highest BCUT2D eigenvalue weighted by molar-refractivity contribution is 5.84. The fourth-order valence-corrected chi connectivity index (χ4v) is 3.04. The van der Waals surface area contributed by atoms with E-state index in [1.165, 1.54) is 32.1 Å². The van der Waals surface area contributed by atoms with E-state index in [0.29, 0.717) is 12.0 Å². The Bertz CT molecular complexity index is 368. The molecule has 0 aromatic heterocycles. The van der Waals surface area contributed by atoms with Crippen molar-refractivity contribution in [2.75, 3.05) is 6.54 Å². The lowest BCUT2D eigenvalue weighted by Crippen LogP contribution is -2.41. The molecular weight excluding hydrogens is 254 g/mol. The van der Waals surface area contributed by atoms with E-state index in [9.17, 15) is 14.7 Å². The van der Waals surface area contributed by atoms with Crippen LogP contribution in [0.1, 0.15) is 65.2 Å². The molecule has 0 bridgehead atoms. The Morgan fingerprint density at radius 2 is 1.70 bits per heavy atom. The average Bonchev–Trinajstić information content (AvgIpc) is 3.20. The minimum absolute atomic E-state index is 0.0328. The van der Waals surface area contributed by atoms with E-state index in [4.69, 9.17) is 0 Å². The van der Waals surface area contributed by atoms with Crippen molar-refractivity contribution < 1.29 is 14.7 Å². The monoisotopic (exact) mass is 281 g/mol. The van der Waals surface area contributed by atoms with Gasteiger partial charge in [0.15, 0.2) is 0 Å². The van der Waals surface area contributed by atoms with Crippen LogP contribution in [0.4, 0.5) is 0 Å². The third-order valence-corrected chi connectivity index (χ3v) is 4.66. The van der Waals surface area contributed by atoms with Crippen molar-refractivity contribution in [1.82, 2.24) is 4.90 Å². The van der Waals surface area contributed by atoms with Crippen LogP contribution in [0.5, 0.6) is 0 Å². The van der Waals surface area contributed by atoms with Crippen LogP contribution in [0.15, 0.2) is 0 Å². The smallest absolute Gasteiger partial charge is 0.309 e. The Morgan fingerprint density at radius 1 is 1.10 bits per heavy atom. The number of carboxylic acids is 1. The number of amides is 1. The van der Waals surface area contributed by atoms with E-state index in [1.54, 1.807) is 13.8 Å². The van der Waals surface area contributed by atoms with Crippen molar-refractivity contribution in [2.45, 2.75) is 71.3 Å². The Morgan fingerprint density at radius 3 is 2.20 bits per heavy atom. The number of nitrogens with zero attached hydrogens (tertiary/aromatic N) is 1. The van der Waals surface area contributed by atoms with E-state index in [2.05, 4.69) is 0 Å². The van der Waals surface area contributed by atoms with Gasteiger partial charge in [-0.3, -0.25) is 9.59 Å². The maximum absolute atomic E-state index is 12.5. The zero-order chi connectivity index (χ0) is 14.8. The minimum Gasteiger partial charge on any atom is -0.481 e. The molecule has 0 heterocycles. The molecule has 20 heavy (non-hydrogen) atoms. The molecule has 0 spiro atoms. The van der Waals surface area contributed by atoms with Gasteiger partial charge in [0.05, 0.1) is 5.41 Å². The van der Waals surface area contributed by atoms with Gasteiger partial charge in [0.2, 0.25) is 5.91 Å². The van der Waals surface area contributed by atoms with Gasteiger partial charge in [-0.15, -0.1) is 0 Å². The van der Waals surface area contributed by atoms with Gasteiger partial charge in [0, 0.05) is 19.0 Å². The first-order chi connectivity index (χ1) is 9.40. The van der Waals surface area contributed by atoms with Crippen molar-refractivity contribution >= 4 is 11.9 Å². The van der Waals surface area contributed by atoms with E-state index >= 15 is 0 Å². The summed E-state index contributed by atoms with van der Waals surface area (Å²) in [6.07, 6.45) is 8.61. The van der Waals surface area contributed by atoms with Crippen molar-refractivity contribution in [3.05, 3.63) is 0 Å². The Kier molecular flexibility index (Phi) is 4.71. The normalized spacial score (nSPS) is 20.7. The van der Waals surface area contributed by atoms with Gasteiger partial charge in [-0.25, -0.2) is 0 Å². The Balaban J connectivity index is 1.93. The fourth-order valence-electron chi connectivity index (χ4n) is 3.04. The maximum Gasteiger partial charge on any atom is 0.309 e. The second kappa shape index (κ2) is 6.15. The first-order valence-electron chi connectivity index (χ1n) is 7.93. The minimum atomic E-state index is -0.962.